The van der Waals surface area contributed by atoms with E-state index in [-0.39, 0.29) is 11.8 Å². The Morgan fingerprint density at radius 1 is 0.844 bits per heavy atom. The maximum atomic E-state index is 13.2. The minimum Gasteiger partial charge on any atom is -0.372 e. The average Bonchev–Trinajstić information content (AvgIpc) is 2.80. The lowest BCUT2D eigenvalue weighted by Gasteiger charge is -2.21. The molecule has 6 nitrogen and oxygen atoms in total. The second kappa shape index (κ2) is 10.8. The molecule has 0 saturated carbocycles. The molecule has 0 aliphatic rings. The summed E-state index contributed by atoms with van der Waals surface area (Å²) in [4.78, 5) is 25.3. The summed E-state index contributed by atoms with van der Waals surface area (Å²) in [5.41, 5.74) is 3.62. The summed E-state index contributed by atoms with van der Waals surface area (Å²) in [5, 5.41) is 9.59. The first kappa shape index (κ1) is 23.3. The zero-order valence-corrected chi connectivity index (χ0v) is 18.9. The standard InChI is InChI=1S/C25H26ClN3O3/c1-16-12-13-21(15-22(16)26)29-25(31)23(18-8-5-4-6-9-18)27-19-10-7-11-20(14-19)28-24(30)17(2)32-3/h4-15,17,23,27H,1-3H3,(H,28,30)(H,29,31). The number of aryl methyl sites for hydroxylation is 1. The van der Waals surface area contributed by atoms with Gasteiger partial charge in [-0.25, -0.2) is 0 Å². The van der Waals surface area contributed by atoms with Crippen LogP contribution < -0.4 is 16.0 Å². The molecule has 32 heavy (non-hydrogen) atoms. The monoisotopic (exact) mass is 451 g/mol. The third kappa shape index (κ3) is 6.09. The molecule has 0 aliphatic heterocycles. The predicted octanol–water partition coefficient (Wildman–Crippen LogP) is 5.41. The Morgan fingerprint density at radius 3 is 2.19 bits per heavy atom. The Balaban J connectivity index is 1.82. The molecule has 3 N–H and O–H groups in total. The van der Waals surface area contributed by atoms with Crippen molar-refractivity contribution in [3.05, 3.63) is 88.9 Å². The molecule has 0 aliphatic carbocycles. The van der Waals surface area contributed by atoms with Crippen LogP contribution in [-0.2, 0) is 14.3 Å². The Hall–Kier alpha value is -3.35. The number of nitrogens with one attached hydrogen (secondary N) is 3. The largest absolute Gasteiger partial charge is 0.372 e. The highest BCUT2D eigenvalue weighted by Gasteiger charge is 2.21. The Morgan fingerprint density at radius 2 is 1.50 bits per heavy atom. The van der Waals surface area contributed by atoms with E-state index in [4.69, 9.17) is 16.3 Å². The van der Waals surface area contributed by atoms with Gasteiger partial charge in [-0.3, -0.25) is 9.59 Å². The van der Waals surface area contributed by atoms with Crippen LogP contribution in [0, 0.1) is 6.92 Å². The molecular weight excluding hydrogens is 426 g/mol. The Bertz CT molecular complexity index is 1090. The van der Waals surface area contributed by atoms with Crippen LogP contribution >= 0.6 is 11.6 Å². The summed E-state index contributed by atoms with van der Waals surface area (Å²) in [6.07, 6.45) is -0.573. The fourth-order valence-corrected chi connectivity index (χ4v) is 3.22. The Labute approximate surface area is 192 Å². The second-order valence-corrected chi connectivity index (χ2v) is 7.80. The predicted molar refractivity (Wildman–Crippen MR) is 129 cm³/mol. The molecule has 0 heterocycles. The summed E-state index contributed by atoms with van der Waals surface area (Å²) < 4.78 is 5.05. The first-order valence-corrected chi connectivity index (χ1v) is 10.6. The molecule has 0 bridgehead atoms. The lowest BCUT2D eigenvalue weighted by atomic mass is 10.1. The summed E-state index contributed by atoms with van der Waals surface area (Å²) in [6.45, 7) is 3.58. The second-order valence-electron chi connectivity index (χ2n) is 7.39. The van der Waals surface area contributed by atoms with Gasteiger partial charge in [0.05, 0.1) is 0 Å². The molecule has 3 aromatic carbocycles. The minimum absolute atomic E-state index is 0.237. The molecule has 3 aromatic rings. The van der Waals surface area contributed by atoms with Crippen molar-refractivity contribution in [2.45, 2.75) is 26.0 Å². The van der Waals surface area contributed by atoms with E-state index in [0.29, 0.717) is 22.1 Å². The number of rotatable bonds is 8. The highest BCUT2D eigenvalue weighted by Crippen LogP contribution is 2.25. The fourth-order valence-electron chi connectivity index (χ4n) is 3.04. The van der Waals surface area contributed by atoms with E-state index in [9.17, 15) is 9.59 Å². The summed E-state index contributed by atoms with van der Waals surface area (Å²) in [6, 6.07) is 21.3. The summed E-state index contributed by atoms with van der Waals surface area (Å²) in [7, 11) is 1.48. The van der Waals surface area contributed by atoms with Gasteiger partial charge in [0.1, 0.15) is 12.1 Å². The third-order valence-corrected chi connectivity index (χ3v) is 5.41. The lowest BCUT2D eigenvalue weighted by Crippen LogP contribution is -2.28. The number of carbonyl (C=O) groups is 2. The molecule has 2 atom stereocenters. The number of hydrogen-bond acceptors (Lipinski definition) is 4. The van der Waals surface area contributed by atoms with E-state index in [2.05, 4.69) is 16.0 Å². The molecule has 166 valence electrons. The van der Waals surface area contributed by atoms with Gasteiger partial charge in [0.25, 0.3) is 11.8 Å². The van der Waals surface area contributed by atoms with E-state index in [1.807, 2.05) is 55.5 Å². The maximum absolute atomic E-state index is 13.2. The van der Waals surface area contributed by atoms with Gasteiger partial charge in [0.15, 0.2) is 0 Å². The topological polar surface area (TPSA) is 79.5 Å². The van der Waals surface area contributed by atoms with Gasteiger partial charge in [-0.2, -0.15) is 0 Å². The number of benzene rings is 3. The van der Waals surface area contributed by atoms with E-state index in [1.165, 1.54) is 7.11 Å². The maximum Gasteiger partial charge on any atom is 0.253 e. The van der Waals surface area contributed by atoms with E-state index >= 15 is 0 Å². The fraction of sp³-hybridized carbons (Fsp3) is 0.200. The molecule has 2 amide bonds. The van der Waals surface area contributed by atoms with Crippen molar-refractivity contribution in [3.8, 4) is 0 Å². The van der Waals surface area contributed by atoms with Gasteiger partial charge in [-0.1, -0.05) is 54.1 Å². The lowest BCUT2D eigenvalue weighted by molar-refractivity contribution is -0.124. The van der Waals surface area contributed by atoms with Crippen LogP contribution in [0.2, 0.25) is 5.02 Å². The van der Waals surface area contributed by atoms with Crippen LogP contribution in [0.4, 0.5) is 17.1 Å². The Kier molecular flexibility index (Phi) is 7.87. The van der Waals surface area contributed by atoms with Crippen molar-refractivity contribution in [1.29, 1.82) is 0 Å². The molecule has 0 spiro atoms. The van der Waals surface area contributed by atoms with Gasteiger partial charge < -0.3 is 20.7 Å². The number of carbonyl (C=O) groups excluding carboxylic acids is 2. The van der Waals surface area contributed by atoms with Crippen molar-refractivity contribution in [1.82, 2.24) is 0 Å². The highest BCUT2D eigenvalue weighted by molar-refractivity contribution is 6.31. The van der Waals surface area contributed by atoms with Crippen LogP contribution in [0.15, 0.2) is 72.8 Å². The third-order valence-electron chi connectivity index (χ3n) is 5.00. The molecular formula is C25H26ClN3O3. The van der Waals surface area contributed by atoms with Crippen molar-refractivity contribution < 1.29 is 14.3 Å². The summed E-state index contributed by atoms with van der Waals surface area (Å²) in [5.74, 6) is -0.489. The van der Waals surface area contributed by atoms with Gasteiger partial charge in [0.2, 0.25) is 0 Å². The molecule has 0 radical (unpaired) electrons. The molecule has 3 rings (SSSR count). The molecule has 0 aromatic heterocycles. The SMILES string of the molecule is COC(C)C(=O)Nc1cccc(NC(C(=O)Nc2ccc(C)c(Cl)c2)c2ccccc2)c1. The van der Waals surface area contributed by atoms with E-state index in [1.54, 1.807) is 31.2 Å². The zero-order chi connectivity index (χ0) is 23.1. The highest BCUT2D eigenvalue weighted by atomic mass is 35.5. The van der Waals surface area contributed by atoms with Crippen LogP contribution in [0.1, 0.15) is 24.1 Å². The quantitative estimate of drug-likeness (QED) is 0.427. The molecule has 0 fully saturated rings. The number of anilines is 3. The van der Waals surface area contributed by atoms with Crippen LogP contribution in [0.5, 0.6) is 0 Å². The number of ether oxygens (including phenoxy) is 1. The number of halogens is 1. The van der Waals surface area contributed by atoms with E-state index < -0.39 is 12.1 Å². The number of hydrogen-bond donors (Lipinski definition) is 3. The minimum atomic E-state index is -0.667. The average molecular weight is 452 g/mol. The molecule has 2 unspecified atom stereocenters. The van der Waals surface area contributed by atoms with Crippen molar-refractivity contribution in [2.24, 2.45) is 0 Å². The smallest absolute Gasteiger partial charge is 0.253 e. The van der Waals surface area contributed by atoms with Crippen molar-refractivity contribution in [3.63, 3.8) is 0 Å². The van der Waals surface area contributed by atoms with E-state index in [0.717, 1.165) is 11.1 Å². The van der Waals surface area contributed by atoms with Gasteiger partial charge in [0, 0.05) is 29.2 Å². The normalized spacial score (nSPS) is 12.5. The number of amides is 2. The van der Waals surface area contributed by atoms with Gasteiger partial charge >= 0.3 is 0 Å². The first-order valence-electron chi connectivity index (χ1n) is 10.2. The van der Waals surface area contributed by atoms with Crippen LogP contribution in [0.25, 0.3) is 0 Å². The van der Waals surface area contributed by atoms with Crippen molar-refractivity contribution in [2.75, 3.05) is 23.1 Å². The summed E-state index contributed by atoms with van der Waals surface area (Å²) >= 11 is 6.20. The van der Waals surface area contributed by atoms with Gasteiger partial charge in [-0.05, 0) is 55.3 Å². The molecule has 7 heteroatoms. The number of methoxy groups -OCH3 is 1. The zero-order valence-electron chi connectivity index (χ0n) is 18.2. The van der Waals surface area contributed by atoms with Crippen LogP contribution in [-0.4, -0.2) is 25.0 Å². The van der Waals surface area contributed by atoms with Gasteiger partial charge in [-0.15, -0.1) is 0 Å². The first-order chi connectivity index (χ1) is 15.4. The van der Waals surface area contributed by atoms with Crippen molar-refractivity contribution >= 4 is 40.5 Å². The molecule has 0 saturated heterocycles. The van der Waals surface area contributed by atoms with Crippen LogP contribution in [0.3, 0.4) is 0 Å².